The van der Waals surface area contributed by atoms with Gasteiger partial charge in [0.1, 0.15) is 3.70 Å². The third-order valence-electron chi connectivity index (χ3n) is 4.96. The number of nitrogens with one attached hydrogen (secondary N) is 2. The van der Waals surface area contributed by atoms with E-state index in [0.717, 1.165) is 32.3 Å². The summed E-state index contributed by atoms with van der Waals surface area (Å²) in [7, 11) is 0. The van der Waals surface area contributed by atoms with Crippen molar-refractivity contribution >= 4 is 45.1 Å². The Bertz CT molecular complexity index is 949. The highest BCUT2D eigenvalue weighted by atomic mass is 127. The standard InChI is InChI=1S/C17H12IN3O.2CH4/c18-15-10-6-5-9(7-14(10)20-21-15)12-8-17(12)11-3-1-2-4-13(11)19-16(17)22;;/h1-7,12H,8H2,(H,19,22)(H,20,21);2*1H4/t12-,17-;;/m0../s1. The molecule has 1 aliphatic carbocycles. The van der Waals surface area contributed by atoms with Gasteiger partial charge in [0.2, 0.25) is 5.91 Å². The van der Waals surface area contributed by atoms with Gasteiger partial charge in [-0.15, -0.1) is 0 Å². The van der Waals surface area contributed by atoms with Gasteiger partial charge in [0, 0.05) is 17.0 Å². The lowest BCUT2D eigenvalue weighted by molar-refractivity contribution is -0.118. The maximum atomic E-state index is 12.5. The number of H-pyrrole nitrogens is 1. The molecule has 5 rings (SSSR count). The van der Waals surface area contributed by atoms with Crippen LogP contribution in [0, 0.1) is 3.70 Å². The molecule has 0 unspecified atom stereocenters. The average Bonchev–Trinajstić information content (AvgIpc) is 3.10. The van der Waals surface area contributed by atoms with Crippen molar-refractivity contribution in [3.05, 3.63) is 57.3 Å². The second kappa shape index (κ2) is 5.58. The van der Waals surface area contributed by atoms with Crippen LogP contribution >= 0.6 is 22.6 Å². The molecule has 2 N–H and O–H groups in total. The molecule has 1 fully saturated rings. The van der Waals surface area contributed by atoms with Crippen molar-refractivity contribution in [2.75, 3.05) is 5.32 Å². The van der Waals surface area contributed by atoms with Gasteiger partial charge in [-0.1, -0.05) is 39.1 Å². The van der Waals surface area contributed by atoms with Crippen LogP contribution in [0.25, 0.3) is 10.9 Å². The highest BCUT2D eigenvalue weighted by Gasteiger charge is 2.65. The van der Waals surface area contributed by atoms with E-state index in [4.69, 9.17) is 0 Å². The number of carbonyl (C=O) groups excluding carboxylic acids is 1. The fourth-order valence-electron chi connectivity index (χ4n) is 3.76. The molecule has 24 heavy (non-hydrogen) atoms. The van der Waals surface area contributed by atoms with Crippen molar-refractivity contribution in [3.63, 3.8) is 0 Å². The molecule has 124 valence electrons. The molecule has 3 aromatic rings. The van der Waals surface area contributed by atoms with Crippen molar-refractivity contribution in [1.29, 1.82) is 0 Å². The molecule has 4 nitrogen and oxygen atoms in total. The molecule has 2 heterocycles. The van der Waals surface area contributed by atoms with Gasteiger partial charge in [-0.25, -0.2) is 0 Å². The molecule has 1 spiro atoms. The van der Waals surface area contributed by atoms with Crippen molar-refractivity contribution in [3.8, 4) is 0 Å². The molecule has 0 saturated heterocycles. The first-order valence-corrected chi connectivity index (χ1v) is 8.32. The summed E-state index contributed by atoms with van der Waals surface area (Å²) in [5.74, 6) is 0.380. The molecule has 5 heteroatoms. The van der Waals surface area contributed by atoms with Gasteiger partial charge in [0.15, 0.2) is 0 Å². The van der Waals surface area contributed by atoms with Gasteiger partial charge in [-0.2, -0.15) is 5.10 Å². The number of hydrogen-bond donors (Lipinski definition) is 2. The Morgan fingerprint density at radius 1 is 1.17 bits per heavy atom. The summed E-state index contributed by atoms with van der Waals surface area (Å²) in [6.07, 6.45) is 0.878. The highest BCUT2D eigenvalue weighted by Crippen LogP contribution is 2.64. The zero-order valence-corrected chi connectivity index (χ0v) is 13.7. The van der Waals surface area contributed by atoms with E-state index >= 15 is 0 Å². The first-order chi connectivity index (χ1) is 10.7. The van der Waals surface area contributed by atoms with E-state index in [1.54, 1.807) is 0 Å². The first-order valence-electron chi connectivity index (χ1n) is 7.24. The molecular weight excluding hydrogens is 413 g/mol. The monoisotopic (exact) mass is 433 g/mol. The summed E-state index contributed by atoms with van der Waals surface area (Å²) in [4.78, 5) is 12.5. The minimum Gasteiger partial charge on any atom is -0.325 e. The van der Waals surface area contributed by atoms with Crippen LogP contribution in [0.3, 0.4) is 0 Å². The molecule has 0 bridgehead atoms. The number of halogens is 1. The third-order valence-corrected chi connectivity index (χ3v) is 5.78. The van der Waals surface area contributed by atoms with Crippen LogP contribution in [0.5, 0.6) is 0 Å². The Labute approximate surface area is 155 Å². The van der Waals surface area contributed by atoms with E-state index in [0.29, 0.717) is 0 Å². The normalized spacial score (nSPS) is 23.4. The molecule has 2 aliphatic rings. The summed E-state index contributed by atoms with van der Waals surface area (Å²) in [5, 5.41) is 11.5. The second-order valence-electron chi connectivity index (χ2n) is 6.04. The Morgan fingerprint density at radius 2 is 1.96 bits per heavy atom. The predicted octanol–water partition coefficient (Wildman–Crippen LogP) is 4.82. The van der Waals surface area contributed by atoms with E-state index in [-0.39, 0.29) is 32.1 Å². The van der Waals surface area contributed by atoms with Crippen LogP contribution in [0.2, 0.25) is 0 Å². The number of anilines is 1. The van der Waals surface area contributed by atoms with E-state index in [1.165, 1.54) is 5.56 Å². The van der Waals surface area contributed by atoms with Crippen molar-refractivity contribution in [2.24, 2.45) is 0 Å². The first kappa shape index (κ1) is 17.0. The summed E-state index contributed by atoms with van der Waals surface area (Å²) in [5.41, 5.74) is 3.90. The Hall–Kier alpha value is -1.89. The highest BCUT2D eigenvalue weighted by molar-refractivity contribution is 14.1. The van der Waals surface area contributed by atoms with Crippen molar-refractivity contribution in [2.45, 2.75) is 32.6 Å². The molecule has 1 saturated carbocycles. The quantitative estimate of drug-likeness (QED) is 0.541. The average molecular weight is 433 g/mol. The SMILES string of the molecule is C.C.O=C1Nc2ccccc2[C@]12C[C@H]2c1ccc2c(I)[nH]nc2c1. The topological polar surface area (TPSA) is 57.8 Å². The van der Waals surface area contributed by atoms with Crippen LogP contribution < -0.4 is 5.32 Å². The van der Waals surface area contributed by atoms with E-state index in [2.05, 4.69) is 62.4 Å². The van der Waals surface area contributed by atoms with Crippen molar-refractivity contribution < 1.29 is 4.79 Å². The number of rotatable bonds is 1. The van der Waals surface area contributed by atoms with Crippen LogP contribution in [0.4, 0.5) is 5.69 Å². The summed E-state index contributed by atoms with van der Waals surface area (Å²) >= 11 is 2.25. The van der Waals surface area contributed by atoms with Gasteiger partial charge in [0.05, 0.1) is 10.9 Å². The summed E-state index contributed by atoms with van der Waals surface area (Å²) in [6, 6.07) is 14.4. The van der Waals surface area contributed by atoms with E-state index < -0.39 is 0 Å². The Morgan fingerprint density at radius 3 is 2.79 bits per heavy atom. The second-order valence-corrected chi connectivity index (χ2v) is 7.12. The number of carbonyl (C=O) groups is 1. The molecule has 0 radical (unpaired) electrons. The van der Waals surface area contributed by atoms with Crippen LogP contribution in [0.1, 0.15) is 38.3 Å². The number of amides is 1. The molecule has 1 aliphatic heterocycles. The molecular formula is C19H20IN3O. The molecule has 2 atom stereocenters. The Kier molecular flexibility index (Phi) is 3.94. The Balaban J connectivity index is 0.000000845. The molecule has 2 aromatic carbocycles. The van der Waals surface area contributed by atoms with Gasteiger partial charge in [0.25, 0.3) is 0 Å². The fraction of sp³-hybridized carbons (Fsp3) is 0.263. The zero-order valence-electron chi connectivity index (χ0n) is 11.6. The maximum Gasteiger partial charge on any atom is 0.235 e. The lowest BCUT2D eigenvalue weighted by atomic mass is 9.92. The fourth-order valence-corrected chi connectivity index (χ4v) is 4.34. The maximum absolute atomic E-state index is 12.5. The summed E-state index contributed by atoms with van der Waals surface area (Å²) < 4.78 is 1.05. The lowest BCUT2D eigenvalue weighted by Crippen LogP contribution is -2.20. The smallest absolute Gasteiger partial charge is 0.235 e. The zero-order chi connectivity index (χ0) is 14.9. The van der Waals surface area contributed by atoms with Crippen LogP contribution in [0.15, 0.2) is 42.5 Å². The number of aromatic amines is 1. The van der Waals surface area contributed by atoms with E-state index in [1.807, 2.05) is 18.2 Å². The predicted molar refractivity (Wildman–Crippen MR) is 106 cm³/mol. The summed E-state index contributed by atoms with van der Waals surface area (Å²) in [6.45, 7) is 0. The van der Waals surface area contributed by atoms with Gasteiger partial charge < -0.3 is 5.32 Å². The van der Waals surface area contributed by atoms with Crippen LogP contribution in [-0.4, -0.2) is 16.1 Å². The minimum absolute atomic E-state index is 0. The molecule has 1 amide bonds. The van der Waals surface area contributed by atoms with Crippen molar-refractivity contribution in [1.82, 2.24) is 10.2 Å². The van der Waals surface area contributed by atoms with Gasteiger partial charge in [-0.05, 0) is 58.3 Å². The largest absolute Gasteiger partial charge is 0.325 e. The number of hydrogen-bond acceptors (Lipinski definition) is 2. The van der Waals surface area contributed by atoms with Gasteiger partial charge >= 0.3 is 0 Å². The molecule has 1 aromatic heterocycles. The number of fused-ring (bicyclic) bond motifs is 3. The minimum atomic E-state index is -0.367. The van der Waals surface area contributed by atoms with Crippen LogP contribution in [-0.2, 0) is 10.2 Å². The van der Waals surface area contributed by atoms with E-state index in [9.17, 15) is 4.79 Å². The van der Waals surface area contributed by atoms with Gasteiger partial charge in [-0.3, -0.25) is 9.89 Å². The third kappa shape index (κ3) is 2.03. The number of nitrogens with zero attached hydrogens (tertiary/aromatic N) is 1. The lowest BCUT2D eigenvalue weighted by Gasteiger charge is -2.08. The number of para-hydroxylation sites is 1. The number of benzene rings is 2. The number of aromatic nitrogens is 2.